The molecule has 0 fully saturated rings. The highest BCUT2D eigenvalue weighted by Crippen LogP contribution is 2.16. The third-order valence-electron chi connectivity index (χ3n) is 3.60. The van der Waals surface area contributed by atoms with Gasteiger partial charge in [0.25, 0.3) is 5.91 Å². The van der Waals surface area contributed by atoms with E-state index in [0.29, 0.717) is 0 Å². The summed E-state index contributed by atoms with van der Waals surface area (Å²) in [5, 5.41) is 2.58. The number of nitrogens with one attached hydrogen (secondary N) is 1. The van der Waals surface area contributed by atoms with Crippen LogP contribution in [-0.2, 0) is 49.5 Å². The van der Waals surface area contributed by atoms with E-state index < -0.39 is 54.7 Å². The maximum Gasteiger partial charge on any atom is 0.303 e. The number of hydrogen-bond acceptors (Lipinski definition) is 9. The molecule has 0 saturated heterocycles. The molecule has 1 aromatic rings. The molecule has 0 radical (unpaired) electrons. The molecule has 0 bridgehead atoms. The van der Waals surface area contributed by atoms with E-state index in [2.05, 4.69) is 5.32 Å². The Balaban J connectivity index is 3.15. The van der Waals surface area contributed by atoms with E-state index in [1.807, 2.05) is 6.07 Å². The van der Waals surface area contributed by atoms with E-state index in [1.54, 1.807) is 24.3 Å². The zero-order valence-corrected chi connectivity index (χ0v) is 17.2. The average Bonchev–Trinajstić information content (AvgIpc) is 2.66. The second kappa shape index (κ2) is 12.2. The molecule has 30 heavy (non-hydrogen) atoms. The number of ether oxygens (including phenoxy) is 4. The number of carbonyl (C=O) groups is 5. The largest absolute Gasteiger partial charge is 0.462 e. The minimum absolute atomic E-state index is 0.104. The summed E-state index contributed by atoms with van der Waals surface area (Å²) < 4.78 is 20.1. The summed E-state index contributed by atoms with van der Waals surface area (Å²) in [7, 11) is 0. The van der Waals surface area contributed by atoms with Gasteiger partial charge in [-0.15, -0.1) is 0 Å². The van der Waals surface area contributed by atoms with Gasteiger partial charge in [-0.05, 0) is 5.56 Å². The lowest BCUT2D eigenvalue weighted by molar-refractivity contribution is -0.191. The summed E-state index contributed by atoms with van der Waals surface area (Å²) in [6.45, 7) is 3.93. The SMILES string of the molecule is CC(=O)OC[C@@H](OC(C)=O)[C@@H](OC(C)=O)[C@H](OC(C)=O)C(=O)NCc1ccccc1. The van der Waals surface area contributed by atoms with Crippen molar-refractivity contribution in [1.82, 2.24) is 5.32 Å². The molecule has 0 aromatic heterocycles. The van der Waals surface area contributed by atoms with Crippen molar-refractivity contribution in [2.45, 2.75) is 52.6 Å². The molecule has 1 N–H and O–H groups in total. The van der Waals surface area contributed by atoms with Crippen molar-refractivity contribution < 1.29 is 42.9 Å². The van der Waals surface area contributed by atoms with Gasteiger partial charge in [-0.25, -0.2) is 0 Å². The molecule has 0 aliphatic heterocycles. The van der Waals surface area contributed by atoms with Crippen molar-refractivity contribution in [2.24, 2.45) is 0 Å². The van der Waals surface area contributed by atoms with Gasteiger partial charge in [0.2, 0.25) is 6.10 Å². The summed E-state index contributed by atoms with van der Waals surface area (Å²) in [5.41, 5.74) is 0.771. The Morgan fingerprint density at radius 2 is 1.37 bits per heavy atom. The molecule has 164 valence electrons. The van der Waals surface area contributed by atoms with Crippen LogP contribution >= 0.6 is 0 Å². The number of hydrogen-bond donors (Lipinski definition) is 1. The van der Waals surface area contributed by atoms with E-state index in [0.717, 1.165) is 33.3 Å². The predicted octanol–water partition coefficient (Wildman–Crippen LogP) is 0.661. The average molecular weight is 423 g/mol. The molecular formula is C20H25NO9. The third kappa shape index (κ3) is 9.18. The molecule has 1 aromatic carbocycles. The molecule has 0 spiro atoms. The minimum Gasteiger partial charge on any atom is -0.462 e. The maximum absolute atomic E-state index is 12.8. The molecular weight excluding hydrogens is 398 g/mol. The van der Waals surface area contributed by atoms with Gasteiger partial charge in [0.05, 0.1) is 0 Å². The molecule has 0 heterocycles. The first-order valence-electron chi connectivity index (χ1n) is 9.06. The smallest absolute Gasteiger partial charge is 0.303 e. The highest BCUT2D eigenvalue weighted by Gasteiger charge is 2.42. The van der Waals surface area contributed by atoms with Crippen molar-refractivity contribution in [3.05, 3.63) is 35.9 Å². The quantitative estimate of drug-likeness (QED) is 0.425. The fraction of sp³-hybridized carbons (Fsp3) is 0.450. The second-order valence-corrected chi connectivity index (χ2v) is 6.26. The summed E-state index contributed by atoms with van der Waals surface area (Å²) >= 11 is 0. The van der Waals surface area contributed by atoms with Crippen LogP contribution in [0.2, 0.25) is 0 Å². The lowest BCUT2D eigenvalue weighted by Gasteiger charge is -2.30. The van der Waals surface area contributed by atoms with Crippen LogP contribution in [0.1, 0.15) is 33.3 Å². The summed E-state index contributed by atoms with van der Waals surface area (Å²) in [6, 6.07) is 8.91. The third-order valence-corrected chi connectivity index (χ3v) is 3.60. The number of rotatable bonds is 10. The van der Waals surface area contributed by atoms with E-state index in [-0.39, 0.29) is 6.54 Å². The Hall–Kier alpha value is -3.43. The van der Waals surface area contributed by atoms with E-state index in [4.69, 9.17) is 18.9 Å². The van der Waals surface area contributed by atoms with E-state index >= 15 is 0 Å². The van der Waals surface area contributed by atoms with Crippen LogP contribution in [0.25, 0.3) is 0 Å². The lowest BCUT2D eigenvalue weighted by Crippen LogP contribution is -2.53. The molecule has 0 saturated carbocycles. The Kier molecular flexibility index (Phi) is 10.0. The van der Waals surface area contributed by atoms with Gasteiger partial charge in [0, 0.05) is 34.2 Å². The van der Waals surface area contributed by atoms with Crippen LogP contribution in [0.4, 0.5) is 0 Å². The molecule has 0 aliphatic rings. The van der Waals surface area contributed by atoms with Crippen molar-refractivity contribution in [3.63, 3.8) is 0 Å². The van der Waals surface area contributed by atoms with Gasteiger partial charge >= 0.3 is 23.9 Å². The van der Waals surface area contributed by atoms with Gasteiger partial charge in [0.1, 0.15) is 6.61 Å². The number of esters is 4. The predicted molar refractivity (Wildman–Crippen MR) is 102 cm³/mol. The van der Waals surface area contributed by atoms with E-state index in [9.17, 15) is 24.0 Å². The Morgan fingerprint density at radius 1 is 0.800 bits per heavy atom. The highest BCUT2D eigenvalue weighted by molar-refractivity contribution is 5.84. The molecule has 1 rings (SSSR count). The van der Waals surface area contributed by atoms with Gasteiger partial charge in [-0.3, -0.25) is 24.0 Å². The van der Waals surface area contributed by atoms with Crippen molar-refractivity contribution >= 4 is 29.8 Å². The van der Waals surface area contributed by atoms with Crippen molar-refractivity contribution in [3.8, 4) is 0 Å². The molecule has 3 atom stereocenters. The van der Waals surface area contributed by atoms with Gasteiger partial charge in [-0.2, -0.15) is 0 Å². The molecule has 0 unspecified atom stereocenters. The van der Waals surface area contributed by atoms with Crippen molar-refractivity contribution in [2.75, 3.05) is 6.61 Å². The first kappa shape index (κ1) is 24.6. The fourth-order valence-electron chi connectivity index (χ4n) is 2.47. The first-order valence-corrected chi connectivity index (χ1v) is 9.06. The number of carbonyl (C=O) groups excluding carboxylic acids is 5. The van der Waals surface area contributed by atoms with Crippen molar-refractivity contribution in [1.29, 1.82) is 0 Å². The summed E-state index contributed by atoms with van der Waals surface area (Å²) in [4.78, 5) is 58.7. The van der Waals surface area contributed by atoms with E-state index in [1.165, 1.54) is 0 Å². The normalized spacial score (nSPS) is 13.2. The number of amides is 1. The first-order chi connectivity index (χ1) is 14.1. The van der Waals surface area contributed by atoms with Gasteiger partial charge in [-0.1, -0.05) is 30.3 Å². The Bertz CT molecular complexity index is 763. The standard InChI is InChI=1S/C20H25NO9/c1-12(22)27-11-17(28-13(2)23)18(29-14(3)24)19(30-15(4)25)20(26)21-10-16-8-6-5-7-9-16/h5-9,17-19H,10-11H2,1-4H3,(H,21,26)/t17-,18-,19+/m1/s1. The van der Waals surface area contributed by atoms with Crippen LogP contribution in [0.3, 0.4) is 0 Å². The lowest BCUT2D eigenvalue weighted by atomic mass is 10.1. The minimum atomic E-state index is -1.66. The monoisotopic (exact) mass is 423 g/mol. The van der Waals surface area contributed by atoms with Crippen LogP contribution in [-0.4, -0.2) is 54.7 Å². The molecule has 10 heteroatoms. The summed E-state index contributed by atoms with van der Waals surface area (Å²) in [6.07, 6.45) is -4.59. The van der Waals surface area contributed by atoms with Crippen LogP contribution in [0.5, 0.6) is 0 Å². The van der Waals surface area contributed by atoms with Crippen LogP contribution in [0.15, 0.2) is 30.3 Å². The Morgan fingerprint density at radius 3 is 1.87 bits per heavy atom. The van der Waals surface area contributed by atoms with Gasteiger partial charge in [0.15, 0.2) is 12.2 Å². The molecule has 0 aliphatic carbocycles. The van der Waals surface area contributed by atoms with Crippen LogP contribution < -0.4 is 5.32 Å². The topological polar surface area (TPSA) is 134 Å². The molecule has 10 nitrogen and oxygen atoms in total. The Labute approximate surface area is 173 Å². The maximum atomic E-state index is 12.8. The second-order valence-electron chi connectivity index (χ2n) is 6.26. The highest BCUT2D eigenvalue weighted by atomic mass is 16.6. The van der Waals surface area contributed by atoms with Crippen LogP contribution in [0, 0.1) is 0 Å². The molecule has 1 amide bonds. The fourth-order valence-corrected chi connectivity index (χ4v) is 2.47. The summed E-state index contributed by atoms with van der Waals surface area (Å²) in [5.74, 6) is -3.92. The number of benzene rings is 1. The van der Waals surface area contributed by atoms with Gasteiger partial charge < -0.3 is 24.3 Å². The zero-order chi connectivity index (χ0) is 22.7. The zero-order valence-electron chi connectivity index (χ0n) is 17.2.